The second-order valence-electron chi connectivity index (χ2n) is 4.82. The molecule has 0 saturated carbocycles. The van der Waals surface area contributed by atoms with Gasteiger partial charge in [0, 0.05) is 9.75 Å². The maximum atomic E-state index is 12.3. The zero-order chi connectivity index (χ0) is 17.5. The zero-order valence-electron chi connectivity index (χ0n) is 12.9. The lowest BCUT2D eigenvalue weighted by molar-refractivity contribution is -0.0584. The van der Waals surface area contributed by atoms with Crippen LogP contribution in [-0.2, 0) is 0 Å². The highest BCUT2D eigenvalue weighted by atomic mass is 32.1. The highest BCUT2D eigenvalue weighted by Crippen LogP contribution is 2.19. The fraction of sp³-hybridized carbons (Fsp3) is 0.167. The van der Waals surface area contributed by atoms with Gasteiger partial charge in [0.15, 0.2) is 0 Å². The molecule has 0 bridgehead atoms. The second kappa shape index (κ2) is 8.48. The number of nitrogens with one attached hydrogen (secondary N) is 1. The molecule has 0 spiro atoms. The van der Waals surface area contributed by atoms with Crippen LogP contribution < -0.4 is 0 Å². The van der Waals surface area contributed by atoms with Crippen LogP contribution in [0.25, 0.3) is 6.08 Å². The first-order chi connectivity index (χ1) is 10.7. The fourth-order valence-corrected chi connectivity index (χ4v) is 2.41. The highest BCUT2D eigenvalue weighted by Gasteiger charge is 2.31. The number of aryl methyl sites for hydroxylation is 1. The number of allylic oxidation sites excluding steroid dienone is 8. The van der Waals surface area contributed by atoms with Crippen molar-refractivity contribution in [3.8, 4) is 0 Å². The minimum atomic E-state index is -4.62. The van der Waals surface area contributed by atoms with Gasteiger partial charge in [-0.25, -0.2) is 0 Å². The van der Waals surface area contributed by atoms with Gasteiger partial charge in [0.2, 0.25) is 0 Å². The Hall–Kier alpha value is -2.14. The summed E-state index contributed by atoms with van der Waals surface area (Å²) in [6, 6.07) is 4.02. The molecule has 1 rings (SSSR count). The zero-order valence-corrected chi connectivity index (χ0v) is 13.8. The van der Waals surface area contributed by atoms with Crippen molar-refractivity contribution in [2.75, 3.05) is 0 Å². The molecule has 0 aliphatic rings. The van der Waals surface area contributed by atoms with Crippen LogP contribution in [-0.4, -0.2) is 11.9 Å². The predicted octanol–water partition coefficient (Wildman–Crippen LogP) is 6.27. The molecule has 1 N–H and O–H groups in total. The molecule has 0 atom stereocenters. The molecule has 5 heteroatoms. The molecular formula is C18H18F3NS. The fourth-order valence-electron chi connectivity index (χ4n) is 1.63. The molecule has 1 nitrogen and oxygen atoms in total. The molecule has 0 unspecified atom stereocenters. The van der Waals surface area contributed by atoms with Crippen LogP contribution in [0.3, 0.4) is 0 Å². The van der Waals surface area contributed by atoms with Crippen molar-refractivity contribution in [3.05, 3.63) is 76.1 Å². The monoisotopic (exact) mass is 337 g/mol. The Morgan fingerprint density at radius 1 is 1.22 bits per heavy atom. The molecule has 0 aliphatic heterocycles. The Labute approximate surface area is 138 Å². The van der Waals surface area contributed by atoms with Crippen molar-refractivity contribution in [2.45, 2.75) is 20.0 Å². The third-order valence-electron chi connectivity index (χ3n) is 2.72. The van der Waals surface area contributed by atoms with Crippen molar-refractivity contribution < 1.29 is 13.2 Å². The minimum Gasteiger partial charge on any atom is -0.296 e. The lowest BCUT2D eigenvalue weighted by Crippen LogP contribution is -2.19. The van der Waals surface area contributed by atoms with Gasteiger partial charge in [-0.05, 0) is 43.7 Å². The van der Waals surface area contributed by atoms with Gasteiger partial charge in [0.1, 0.15) is 5.71 Å². The Bertz CT molecular complexity index is 685. The molecule has 0 aliphatic carbocycles. The Morgan fingerprint density at radius 3 is 2.43 bits per heavy atom. The van der Waals surface area contributed by atoms with E-state index in [2.05, 4.69) is 6.58 Å². The summed E-state index contributed by atoms with van der Waals surface area (Å²) in [7, 11) is 0. The lowest BCUT2D eigenvalue weighted by atomic mass is 10.1. The topological polar surface area (TPSA) is 23.9 Å². The number of hydrogen-bond acceptors (Lipinski definition) is 2. The van der Waals surface area contributed by atoms with E-state index < -0.39 is 11.9 Å². The van der Waals surface area contributed by atoms with E-state index in [9.17, 15) is 13.2 Å². The molecule has 0 fully saturated rings. The number of hydrogen-bond donors (Lipinski definition) is 1. The molecule has 0 radical (unpaired) electrons. The van der Waals surface area contributed by atoms with Crippen LogP contribution in [0, 0.1) is 12.3 Å². The molecule has 1 heterocycles. The van der Waals surface area contributed by atoms with E-state index >= 15 is 0 Å². The van der Waals surface area contributed by atoms with E-state index in [1.807, 2.05) is 31.2 Å². The number of thiophene rings is 1. The van der Waals surface area contributed by atoms with E-state index in [1.54, 1.807) is 36.5 Å². The molecule has 0 amide bonds. The summed E-state index contributed by atoms with van der Waals surface area (Å²) in [5.74, 6) is 0. The third-order valence-corrected chi connectivity index (χ3v) is 3.69. The summed E-state index contributed by atoms with van der Waals surface area (Å²) in [5.41, 5.74) is 0.0509. The van der Waals surface area contributed by atoms with Gasteiger partial charge in [-0.1, -0.05) is 42.5 Å². The normalized spacial score (nSPS) is 14.0. The molecule has 122 valence electrons. The van der Waals surface area contributed by atoms with Crippen molar-refractivity contribution in [2.24, 2.45) is 0 Å². The van der Waals surface area contributed by atoms with Crippen molar-refractivity contribution in [3.63, 3.8) is 0 Å². The average Bonchev–Trinajstić information content (AvgIpc) is 2.87. The molecular weight excluding hydrogens is 319 g/mol. The largest absolute Gasteiger partial charge is 0.432 e. The lowest BCUT2D eigenvalue weighted by Gasteiger charge is -2.02. The first-order valence-corrected chi connectivity index (χ1v) is 7.63. The van der Waals surface area contributed by atoms with E-state index in [1.165, 1.54) is 11.0 Å². The Morgan fingerprint density at radius 2 is 1.91 bits per heavy atom. The Kier molecular flexibility index (Phi) is 6.97. The van der Waals surface area contributed by atoms with Gasteiger partial charge in [-0.15, -0.1) is 11.3 Å². The van der Waals surface area contributed by atoms with E-state index in [0.717, 1.165) is 16.5 Å². The smallest absolute Gasteiger partial charge is 0.296 e. The number of halogens is 3. The molecule has 1 aromatic heterocycles. The standard InChI is InChI=1S/C18H18F3NS/c1-4-5-15(8-10-16-9-7-14(3)23-16)12-13(2)6-11-17(22)18(19,20)21/h4-12,22H,1H2,2-3H3/b10-8+,11-6+,13-12+,15-5-,22-17?. The van der Waals surface area contributed by atoms with Gasteiger partial charge in [0.05, 0.1) is 0 Å². The first-order valence-electron chi connectivity index (χ1n) is 6.81. The predicted molar refractivity (Wildman–Crippen MR) is 93.0 cm³/mol. The summed E-state index contributed by atoms with van der Waals surface area (Å²) in [6.07, 6.45) is 6.34. The van der Waals surface area contributed by atoms with Gasteiger partial charge in [-0.2, -0.15) is 13.2 Å². The molecule has 23 heavy (non-hydrogen) atoms. The number of rotatable bonds is 6. The summed E-state index contributed by atoms with van der Waals surface area (Å²) in [6.45, 7) is 7.34. The van der Waals surface area contributed by atoms with E-state index in [4.69, 9.17) is 5.41 Å². The van der Waals surface area contributed by atoms with Crippen LogP contribution in [0.4, 0.5) is 13.2 Å². The summed E-state index contributed by atoms with van der Waals surface area (Å²) in [4.78, 5) is 2.30. The molecule has 1 aromatic rings. The maximum Gasteiger partial charge on any atom is 0.432 e. The molecule has 0 saturated heterocycles. The van der Waals surface area contributed by atoms with Crippen molar-refractivity contribution in [1.82, 2.24) is 0 Å². The van der Waals surface area contributed by atoms with Gasteiger partial charge in [-0.3, -0.25) is 5.41 Å². The summed E-state index contributed by atoms with van der Waals surface area (Å²) < 4.78 is 36.8. The number of alkyl halides is 3. The Balaban J connectivity index is 2.88. The van der Waals surface area contributed by atoms with Crippen molar-refractivity contribution in [1.29, 1.82) is 5.41 Å². The minimum absolute atomic E-state index is 0.610. The van der Waals surface area contributed by atoms with Crippen LogP contribution in [0.15, 0.2) is 66.3 Å². The van der Waals surface area contributed by atoms with Crippen LogP contribution in [0.2, 0.25) is 0 Å². The van der Waals surface area contributed by atoms with Gasteiger partial charge >= 0.3 is 6.18 Å². The first kappa shape index (κ1) is 18.9. The quantitative estimate of drug-likeness (QED) is 0.467. The summed E-state index contributed by atoms with van der Waals surface area (Å²) in [5, 5.41) is 6.91. The van der Waals surface area contributed by atoms with E-state index in [0.29, 0.717) is 5.57 Å². The highest BCUT2D eigenvalue weighted by molar-refractivity contribution is 7.12. The SMILES string of the molecule is C=C/C=C(/C=C/c1ccc(C)s1)\C=C(C)\C=C\C(=N)C(F)(F)F. The second-order valence-corrected chi connectivity index (χ2v) is 6.14. The van der Waals surface area contributed by atoms with Crippen LogP contribution in [0.5, 0.6) is 0 Å². The van der Waals surface area contributed by atoms with Crippen LogP contribution >= 0.6 is 11.3 Å². The summed E-state index contributed by atoms with van der Waals surface area (Å²) >= 11 is 1.66. The molecule has 0 aromatic carbocycles. The van der Waals surface area contributed by atoms with E-state index in [-0.39, 0.29) is 0 Å². The average molecular weight is 337 g/mol. The van der Waals surface area contributed by atoms with Gasteiger partial charge in [0.25, 0.3) is 0 Å². The third kappa shape index (κ3) is 7.10. The van der Waals surface area contributed by atoms with Gasteiger partial charge < -0.3 is 0 Å². The van der Waals surface area contributed by atoms with Crippen molar-refractivity contribution >= 4 is 23.1 Å². The van der Waals surface area contributed by atoms with Crippen LogP contribution in [0.1, 0.15) is 16.7 Å². The maximum absolute atomic E-state index is 12.3.